The molecule has 0 fully saturated rings. The van der Waals surface area contributed by atoms with Crippen molar-refractivity contribution < 1.29 is 23.0 Å². The first-order valence-corrected chi connectivity index (χ1v) is 8.01. The third-order valence-corrected chi connectivity index (χ3v) is 4.27. The van der Waals surface area contributed by atoms with E-state index in [1.54, 1.807) is 30.2 Å². The lowest BCUT2D eigenvalue weighted by molar-refractivity contribution is -0.135. The van der Waals surface area contributed by atoms with Gasteiger partial charge in [0.1, 0.15) is 17.4 Å². The molecule has 0 aliphatic carbocycles. The first kappa shape index (κ1) is 17.4. The van der Waals surface area contributed by atoms with Gasteiger partial charge in [0.2, 0.25) is 5.60 Å². The molecule has 0 radical (unpaired) electrons. The SMILES string of the molecule is COCCCN1C(=O)C(C)(c2cc(F)cc(F)c2)Oc2ccccc21. The second kappa shape index (κ2) is 6.80. The highest BCUT2D eigenvalue weighted by Crippen LogP contribution is 2.42. The van der Waals surface area contributed by atoms with E-state index in [1.165, 1.54) is 6.92 Å². The predicted octanol–water partition coefficient (Wildman–Crippen LogP) is 3.64. The lowest BCUT2D eigenvalue weighted by Gasteiger charge is -2.41. The van der Waals surface area contributed by atoms with E-state index < -0.39 is 17.2 Å². The largest absolute Gasteiger partial charge is 0.471 e. The van der Waals surface area contributed by atoms with Crippen molar-refractivity contribution in [1.29, 1.82) is 0 Å². The molecule has 2 aromatic rings. The fourth-order valence-electron chi connectivity index (χ4n) is 3.00. The summed E-state index contributed by atoms with van der Waals surface area (Å²) in [6.45, 7) is 2.45. The van der Waals surface area contributed by atoms with E-state index in [9.17, 15) is 13.6 Å². The van der Waals surface area contributed by atoms with Crippen LogP contribution in [-0.2, 0) is 15.1 Å². The minimum atomic E-state index is -1.51. The zero-order valence-electron chi connectivity index (χ0n) is 14.1. The van der Waals surface area contributed by atoms with Crippen LogP contribution in [0.3, 0.4) is 0 Å². The van der Waals surface area contributed by atoms with Crippen LogP contribution in [0.25, 0.3) is 0 Å². The van der Waals surface area contributed by atoms with Gasteiger partial charge in [0, 0.05) is 31.9 Å². The third-order valence-electron chi connectivity index (χ3n) is 4.27. The number of hydrogen-bond donors (Lipinski definition) is 0. The maximum absolute atomic E-state index is 13.7. The number of rotatable bonds is 5. The van der Waals surface area contributed by atoms with Crippen LogP contribution in [0.1, 0.15) is 18.9 Å². The maximum Gasteiger partial charge on any atom is 0.275 e. The molecule has 1 heterocycles. The van der Waals surface area contributed by atoms with Crippen LogP contribution in [0.5, 0.6) is 5.75 Å². The Kier molecular flexibility index (Phi) is 4.72. The molecule has 132 valence electrons. The van der Waals surface area contributed by atoms with Gasteiger partial charge in [-0.15, -0.1) is 0 Å². The standard InChI is InChI=1S/C19H19F2NO3/c1-19(13-10-14(20)12-15(21)11-13)18(23)22(8-5-9-24-2)16-6-3-4-7-17(16)25-19/h3-4,6-7,10-12H,5,8-9H2,1-2H3. The number of fused-ring (bicyclic) bond motifs is 1. The first-order valence-electron chi connectivity index (χ1n) is 8.01. The van der Waals surface area contributed by atoms with Gasteiger partial charge in [-0.05, 0) is 37.6 Å². The molecule has 1 aliphatic rings. The van der Waals surface area contributed by atoms with Crippen molar-refractivity contribution in [1.82, 2.24) is 0 Å². The summed E-state index contributed by atoms with van der Waals surface area (Å²) in [5.41, 5.74) is -0.733. The van der Waals surface area contributed by atoms with E-state index in [-0.39, 0.29) is 11.5 Å². The van der Waals surface area contributed by atoms with Crippen molar-refractivity contribution in [3.63, 3.8) is 0 Å². The minimum Gasteiger partial charge on any atom is -0.471 e. The number of anilines is 1. The Morgan fingerprint density at radius 3 is 2.52 bits per heavy atom. The van der Waals surface area contributed by atoms with Gasteiger partial charge in [0.05, 0.1) is 5.69 Å². The molecule has 0 bridgehead atoms. The first-order chi connectivity index (χ1) is 12.0. The molecule has 1 atom stereocenters. The average molecular weight is 347 g/mol. The van der Waals surface area contributed by atoms with Crippen LogP contribution in [0.15, 0.2) is 42.5 Å². The van der Waals surface area contributed by atoms with E-state index in [1.807, 2.05) is 6.07 Å². The second-order valence-corrected chi connectivity index (χ2v) is 6.06. The Hall–Kier alpha value is -2.47. The molecule has 1 aliphatic heterocycles. The Labute approximate surface area is 145 Å². The fourth-order valence-corrected chi connectivity index (χ4v) is 3.00. The number of nitrogens with zero attached hydrogens (tertiary/aromatic N) is 1. The van der Waals surface area contributed by atoms with E-state index in [0.717, 1.165) is 18.2 Å². The summed E-state index contributed by atoms with van der Waals surface area (Å²) >= 11 is 0. The molecule has 1 amide bonds. The van der Waals surface area contributed by atoms with Gasteiger partial charge in [0.25, 0.3) is 5.91 Å². The molecule has 6 heteroatoms. The summed E-state index contributed by atoms with van der Waals surface area (Å²) in [4.78, 5) is 14.7. The van der Waals surface area contributed by atoms with Gasteiger partial charge in [-0.3, -0.25) is 4.79 Å². The summed E-state index contributed by atoms with van der Waals surface area (Å²) in [5.74, 6) is -1.38. The Morgan fingerprint density at radius 2 is 1.84 bits per heavy atom. The molecule has 0 saturated carbocycles. The number of carbonyl (C=O) groups is 1. The van der Waals surface area contributed by atoms with Crippen molar-refractivity contribution in [3.05, 3.63) is 59.7 Å². The lowest BCUT2D eigenvalue weighted by Crippen LogP contribution is -2.52. The molecular weight excluding hydrogens is 328 g/mol. The highest BCUT2D eigenvalue weighted by atomic mass is 19.1. The van der Waals surface area contributed by atoms with Crippen LogP contribution >= 0.6 is 0 Å². The molecule has 0 saturated heterocycles. The van der Waals surface area contributed by atoms with Gasteiger partial charge < -0.3 is 14.4 Å². The smallest absolute Gasteiger partial charge is 0.275 e. The molecule has 0 aromatic heterocycles. The molecule has 2 aromatic carbocycles. The van der Waals surface area contributed by atoms with Gasteiger partial charge in [0.15, 0.2) is 0 Å². The van der Waals surface area contributed by atoms with E-state index in [4.69, 9.17) is 9.47 Å². The summed E-state index contributed by atoms with van der Waals surface area (Å²) in [6.07, 6.45) is 0.629. The van der Waals surface area contributed by atoms with Gasteiger partial charge in [-0.1, -0.05) is 12.1 Å². The summed E-state index contributed by atoms with van der Waals surface area (Å²) < 4.78 is 38.3. The van der Waals surface area contributed by atoms with Crippen molar-refractivity contribution in [2.24, 2.45) is 0 Å². The maximum atomic E-state index is 13.7. The predicted molar refractivity (Wildman–Crippen MR) is 89.6 cm³/mol. The number of ether oxygens (including phenoxy) is 2. The normalized spacial score (nSPS) is 19.5. The second-order valence-electron chi connectivity index (χ2n) is 6.06. The zero-order chi connectivity index (χ0) is 18.0. The highest BCUT2D eigenvalue weighted by Gasteiger charge is 2.46. The molecule has 0 N–H and O–H groups in total. The molecule has 1 unspecified atom stereocenters. The average Bonchev–Trinajstić information content (AvgIpc) is 2.57. The fraction of sp³-hybridized carbons (Fsp3) is 0.316. The number of para-hydroxylation sites is 2. The van der Waals surface area contributed by atoms with E-state index in [2.05, 4.69) is 0 Å². The molecule has 25 heavy (non-hydrogen) atoms. The van der Waals surface area contributed by atoms with Crippen molar-refractivity contribution in [2.75, 3.05) is 25.2 Å². The number of amides is 1. The minimum absolute atomic E-state index is 0.140. The van der Waals surface area contributed by atoms with Crippen molar-refractivity contribution in [2.45, 2.75) is 18.9 Å². The topological polar surface area (TPSA) is 38.8 Å². The number of methoxy groups -OCH3 is 1. The third kappa shape index (κ3) is 3.22. The Bertz CT molecular complexity index is 776. The summed E-state index contributed by atoms with van der Waals surface area (Å²) in [7, 11) is 1.59. The van der Waals surface area contributed by atoms with Gasteiger partial charge in [-0.25, -0.2) is 8.78 Å². The highest BCUT2D eigenvalue weighted by molar-refractivity contribution is 6.03. The monoisotopic (exact) mass is 347 g/mol. The lowest BCUT2D eigenvalue weighted by atomic mass is 9.91. The molecule has 4 nitrogen and oxygen atoms in total. The number of carbonyl (C=O) groups excluding carboxylic acids is 1. The van der Waals surface area contributed by atoms with Crippen LogP contribution in [0.4, 0.5) is 14.5 Å². The zero-order valence-corrected chi connectivity index (χ0v) is 14.1. The van der Waals surface area contributed by atoms with Crippen LogP contribution < -0.4 is 9.64 Å². The molecule has 3 rings (SSSR count). The summed E-state index contributed by atoms with van der Waals surface area (Å²) in [6, 6.07) is 10.1. The van der Waals surface area contributed by atoms with Gasteiger partial charge >= 0.3 is 0 Å². The number of hydrogen-bond acceptors (Lipinski definition) is 3. The molecular formula is C19H19F2NO3. The Morgan fingerprint density at radius 1 is 1.16 bits per heavy atom. The van der Waals surface area contributed by atoms with Gasteiger partial charge in [-0.2, -0.15) is 0 Å². The Balaban J connectivity index is 2.05. The van der Waals surface area contributed by atoms with Crippen LogP contribution in [0.2, 0.25) is 0 Å². The van der Waals surface area contributed by atoms with Crippen molar-refractivity contribution >= 4 is 11.6 Å². The van der Waals surface area contributed by atoms with Crippen molar-refractivity contribution in [3.8, 4) is 5.75 Å². The number of halogens is 2. The van der Waals surface area contributed by atoms with Crippen LogP contribution in [0, 0.1) is 11.6 Å². The summed E-state index contributed by atoms with van der Waals surface area (Å²) in [5, 5.41) is 0. The number of benzene rings is 2. The molecule has 0 spiro atoms. The van der Waals surface area contributed by atoms with E-state index >= 15 is 0 Å². The van der Waals surface area contributed by atoms with E-state index in [0.29, 0.717) is 31.0 Å². The van der Waals surface area contributed by atoms with Crippen LogP contribution in [-0.4, -0.2) is 26.2 Å². The quantitative estimate of drug-likeness (QED) is 0.775.